The summed E-state index contributed by atoms with van der Waals surface area (Å²) in [6, 6.07) is 23.4. The monoisotopic (exact) mass is 439 g/mol. The standard InChI is InChI=1S/C27H25N3O3/c1-4-33-26(31)23-24(18-12-14-20(32-3)15-13-18)29-27-28-21-10-5-6-11-22(21)30(27)25(23)19-9-7-8-17(2)16-19/h5-16,25H,4H2,1-3H3,(H,28,29)/t25-/m1/s1. The molecule has 0 spiro atoms. The van der Waals surface area contributed by atoms with E-state index in [1.807, 2.05) is 67.6 Å². The summed E-state index contributed by atoms with van der Waals surface area (Å²) in [5.41, 5.74) is 6.00. The third-order valence-corrected chi connectivity index (χ3v) is 5.87. The van der Waals surface area contributed by atoms with E-state index in [0.29, 0.717) is 17.2 Å². The summed E-state index contributed by atoms with van der Waals surface area (Å²) in [5.74, 6) is 1.07. The fourth-order valence-electron chi connectivity index (χ4n) is 4.40. The lowest BCUT2D eigenvalue weighted by atomic mass is 9.91. The molecule has 0 unspecified atom stereocenters. The fraction of sp³-hybridized carbons (Fsp3) is 0.185. The molecule has 1 atom stereocenters. The van der Waals surface area contributed by atoms with Gasteiger partial charge in [0.25, 0.3) is 0 Å². The summed E-state index contributed by atoms with van der Waals surface area (Å²) >= 11 is 0. The van der Waals surface area contributed by atoms with Gasteiger partial charge in [0.15, 0.2) is 0 Å². The molecule has 1 N–H and O–H groups in total. The van der Waals surface area contributed by atoms with Crippen molar-refractivity contribution in [1.82, 2.24) is 9.55 Å². The van der Waals surface area contributed by atoms with Crippen molar-refractivity contribution in [3.63, 3.8) is 0 Å². The van der Waals surface area contributed by atoms with Gasteiger partial charge in [-0.15, -0.1) is 0 Å². The van der Waals surface area contributed by atoms with Crippen LogP contribution in [0.1, 0.15) is 29.7 Å². The molecule has 0 fully saturated rings. The van der Waals surface area contributed by atoms with Gasteiger partial charge in [-0.2, -0.15) is 0 Å². The first-order chi connectivity index (χ1) is 16.1. The third kappa shape index (κ3) is 3.63. The largest absolute Gasteiger partial charge is 0.497 e. The minimum Gasteiger partial charge on any atom is -0.497 e. The minimum atomic E-state index is -0.398. The molecular formula is C27H25N3O3. The SMILES string of the molecule is CCOC(=O)C1=C(c2ccc(OC)cc2)Nc2nc3ccccc3n2[C@@H]1c1cccc(C)c1. The number of para-hydroxylation sites is 2. The van der Waals surface area contributed by atoms with Crippen LogP contribution in [-0.4, -0.2) is 29.2 Å². The van der Waals surface area contributed by atoms with E-state index >= 15 is 0 Å². The summed E-state index contributed by atoms with van der Waals surface area (Å²) in [7, 11) is 1.63. The fourth-order valence-corrected chi connectivity index (χ4v) is 4.40. The molecule has 1 aliphatic rings. The van der Waals surface area contributed by atoms with Gasteiger partial charge in [0.1, 0.15) is 5.75 Å². The van der Waals surface area contributed by atoms with Crippen LogP contribution in [-0.2, 0) is 9.53 Å². The van der Waals surface area contributed by atoms with Crippen molar-refractivity contribution < 1.29 is 14.3 Å². The highest BCUT2D eigenvalue weighted by Gasteiger charge is 2.36. The van der Waals surface area contributed by atoms with Crippen LogP contribution in [0.5, 0.6) is 5.75 Å². The van der Waals surface area contributed by atoms with E-state index in [-0.39, 0.29) is 12.6 Å². The van der Waals surface area contributed by atoms with Gasteiger partial charge in [0.2, 0.25) is 5.95 Å². The maximum Gasteiger partial charge on any atom is 0.338 e. The van der Waals surface area contributed by atoms with Crippen LogP contribution >= 0.6 is 0 Å². The lowest BCUT2D eigenvalue weighted by molar-refractivity contribution is -0.138. The molecule has 0 aliphatic carbocycles. The van der Waals surface area contributed by atoms with Gasteiger partial charge < -0.3 is 14.8 Å². The number of benzene rings is 3. The van der Waals surface area contributed by atoms with Crippen molar-refractivity contribution in [2.75, 3.05) is 19.0 Å². The number of esters is 1. The smallest absolute Gasteiger partial charge is 0.338 e. The molecule has 33 heavy (non-hydrogen) atoms. The molecule has 6 heteroatoms. The number of fused-ring (bicyclic) bond motifs is 3. The van der Waals surface area contributed by atoms with Crippen molar-refractivity contribution >= 4 is 28.6 Å². The zero-order chi connectivity index (χ0) is 22.9. The Bertz CT molecular complexity index is 1370. The molecule has 5 rings (SSSR count). The number of aromatic nitrogens is 2. The number of rotatable bonds is 5. The predicted octanol–water partition coefficient (Wildman–Crippen LogP) is 5.34. The van der Waals surface area contributed by atoms with Gasteiger partial charge in [0, 0.05) is 0 Å². The number of ether oxygens (including phenoxy) is 2. The first kappa shape index (κ1) is 20.8. The van der Waals surface area contributed by atoms with E-state index in [1.165, 1.54) is 0 Å². The maximum atomic E-state index is 13.5. The zero-order valence-electron chi connectivity index (χ0n) is 18.8. The Morgan fingerprint density at radius 3 is 2.58 bits per heavy atom. The molecule has 4 aromatic rings. The van der Waals surface area contributed by atoms with Gasteiger partial charge in [-0.3, -0.25) is 4.57 Å². The average Bonchev–Trinajstić information content (AvgIpc) is 3.21. The van der Waals surface area contributed by atoms with Gasteiger partial charge >= 0.3 is 5.97 Å². The quantitative estimate of drug-likeness (QED) is 0.425. The molecule has 166 valence electrons. The van der Waals surface area contributed by atoms with Gasteiger partial charge in [-0.05, 0) is 61.4 Å². The second kappa shape index (κ2) is 8.47. The molecule has 0 bridgehead atoms. The Kier molecular flexibility index (Phi) is 5.34. The molecular weight excluding hydrogens is 414 g/mol. The normalized spacial score (nSPS) is 15.2. The molecule has 0 saturated heterocycles. The molecule has 2 heterocycles. The number of anilines is 1. The minimum absolute atomic E-state index is 0.288. The Labute approximate surface area is 192 Å². The molecule has 3 aromatic carbocycles. The second-order valence-electron chi connectivity index (χ2n) is 7.97. The van der Waals surface area contributed by atoms with Crippen molar-refractivity contribution in [2.45, 2.75) is 19.9 Å². The number of aryl methyl sites for hydroxylation is 1. The highest BCUT2D eigenvalue weighted by Crippen LogP contribution is 2.42. The van der Waals surface area contributed by atoms with Gasteiger partial charge in [-0.25, -0.2) is 9.78 Å². The van der Waals surface area contributed by atoms with Crippen LogP contribution in [0.4, 0.5) is 5.95 Å². The van der Waals surface area contributed by atoms with Crippen LogP contribution in [0, 0.1) is 6.92 Å². The Balaban J connectivity index is 1.81. The van der Waals surface area contributed by atoms with Crippen LogP contribution in [0.15, 0.2) is 78.4 Å². The number of hydrogen-bond acceptors (Lipinski definition) is 5. The lowest BCUT2D eigenvalue weighted by Crippen LogP contribution is -2.29. The van der Waals surface area contributed by atoms with E-state index in [4.69, 9.17) is 14.5 Å². The van der Waals surface area contributed by atoms with E-state index in [2.05, 4.69) is 28.9 Å². The predicted molar refractivity (Wildman–Crippen MR) is 129 cm³/mol. The average molecular weight is 440 g/mol. The molecule has 0 saturated carbocycles. The van der Waals surface area contributed by atoms with Gasteiger partial charge in [0.05, 0.1) is 42.1 Å². The molecule has 0 radical (unpaired) electrons. The lowest BCUT2D eigenvalue weighted by Gasteiger charge is -2.31. The molecule has 6 nitrogen and oxygen atoms in total. The van der Waals surface area contributed by atoms with Crippen LogP contribution in [0.2, 0.25) is 0 Å². The maximum absolute atomic E-state index is 13.5. The number of nitrogens with zero attached hydrogens (tertiary/aromatic N) is 2. The summed E-state index contributed by atoms with van der Waals surface area (Å²) in [6.07, 6.45) is 0. The summed E-state index contributed by atoms with van der Waals surface area (Å²) in [5, 5.41) is 3.43. The van der Waals surface area contributed by atoms with E-state index in [0.717, 1.165) is 33.5 Å². The molecule has 0 amide bonds. The van der Waals surface area contributed by atoms with E-state index < -0.39 is 6.04 Å². The van der Waals surface area contributed by atoms with E-state index in [1.54, 1.807) is 7.11 Å². The first-order valence-corrected chi connectivity index (χ1v) is 11.0. The highest BCUT2D eigenvalue weighted by molar-refractivity contribution is 6.03. The Morgan fingerprint density at radius 2 is 1.85 bits per heavy atom. The number of hydrogen-bond donors (Lipinski definition) is 1. The van der Waals surface area contributed by atoms with Crippen molar-refractivity contribution in [2.24, 2.45) is 0 Å². The summed E-state index contributed by atoms with van der Waals surface area (Å²) in [4.78, 5) is 18.3. The molecule has 1 aliphatic heterocycles. The van der Waals surface area contributed by atoms with Crippen molar-refractivity contribution in [3.05, 3.63) is 95.1 Å². The number of methoxy groups -OCH3 is 1. The first-order valence-electron chi connectivity index (χ1n) is 11.0. The number of imidazole rings is 1. The van der Waals surface area contributed by atoms with Crippen LogP contribution < -0.4 is 10.1 Å². The highest BCUT2D eigenvalue weighted by atomic mass is 16.5. The topological polar surface area (TPSA) is 65.4 Å². The second-order valence-corrected chi connectivity index (χ2v) is 7.97. The van der Waals surface area contributed by atoms with Crippen molar-refractivity contribution in [1.29, 1.82) is 0 Å². The van der Waals surface area contributed by atoms with E-state index in [9.17, 15) is 4.79 Å². The Morgan fingerprint density at radius 1 is 1.06 bits per heavy atom. The third-order valence-electron chi connectivity index (χ3n) is 5.87. The summed E-state index contributed by atoms with van der Waals surface area (Å²) in [6.45, 7) is 4.16. The van der Waals surface area contributed by atoms with Crippen LogP contribution in [0.25, 0.3) is 16.7 Å². The molecule has 1 aromatic heterocycles. The summed E-state index contributed by atoms with van der Waals surface area (Å²) < 4.78 is 13.0. The number of nitrogens with one attached hydrogen (secondary N) is 1. The van der Waals surface area contributed by atoms with Gasteiger partial charge in [-0.1, -0.05) is 42.0 Å². The van der Waals surface area contributed by atoms with Crippen LogP contribution in [0.3, 0.4) is 0 Å². The zero-order valence-corrected chi connectivity index (χ0v) is 18.8. The number of carbonyl (C=O) groups is 1. The Hall–Kier alpha value is -4.06. The van der Waals surface area contributed by atoms with Crippen molar-refractivity contribution in [3.8, 4) is 5.75 Å². The number of carbonyl (C=O) groups excluding carboxylic acids is 1.